The highest BCUT2D eigenvalue weighted by Crippen LogP contribution is 2.24. The molecule has 0 aromatic heterocycles. The minimum absolute atomic E-state index is 0.360. The second-order valence-corrected chi connectivity index (χ2v) is 4.49. The third-order valence-corrected chi connectivity index (χ3v) is 3.12. The molecular formula is C13H28O. The fraction of sp³-hybridized carbons (Fsp3) is 1.00. The highest BCUT2D eigenvalue weighted by Gasteiger charge is 2.22. The van der Waals surface area contributed by atoms with Gasteiger partial charge in [-0.1, -0.05) is 59.3 Å². The molecule has 0 bridgehead atoms. The highest BCUT2D eigenvalue weighted by molar-refractivity contribution is 4.75. The summed E-state index contributed by atoms with van der Waals surface area (Å²) < 4.78 is 0. The summed E-state index contributed by atoms with van der Waals surface area (Å²) in [7, 11) is 0. The molecule has 1 N–H and O–H groups in total. The van der Waals surface area contributed by atoms with Crippen LogP contribution in [0.1, 0.15) is 78.6 Å². The number of unbranched alkanes of at least 4 members (excludes halogenated alkanes) is 4. The predicted octanol–water partition coefficient (Wildman–Crippen LogP) is 4.29. The third-order valence-electron chi connectivity index (χ3n) is 3.12. The topological polar surface area (TPSA) is 20.2 Å². The summed E-state index contributed by atoms with van der Waals surface area (Å²) in [4.78, 5) is 0. The van der Waals surface area contributed by atoms with Crippen LogP contribution >= 0.6 is 0 Å². The van der Waals surface area contributed by atoms with Gasteiger partial charge in [0.2, 0.25) is 0 Å². The molecule has 0 aliphatic rings. The summed E-state index contributed by atoms with van der Waals surface area (Å²) in [5.41, 5.74) is -0.360. The van der Waals surface area contributed by atoms with Crippen LogP contribution in [0.4, 0.5) is 0 Å². The normalized spacial score (nSPS) is 15.4. The molecule has 1 heteroatoms. The Morgan fingerprint density at radius 2 is 1.43 bits per heavy atom. The first-order valence-corrected chi connectivity index (χ1v) is 6.41. The van der Waals surface area contributed by atoms with E-state index in [0.29, 0.717) is 0 Å². The summed E-state index contributed by atoms with van der Waals surface area (Å²) in [6, 6.07) is 0. The minimum atomic E-state index is -0.360. The lowest BCUT2D eigenvalue weighted by molar-refractivity contribution is 0.0158. The van der Waals surface area contributed by atoms with Crippen molar-refractivity contribution < 1.29 is 5.11 Å². The average molecular weight is 200 g/mol. The van der Waals surface area contributed by atoms with Crippen LogP contribution in [-0.2, 0) is 0 Å². The van der Waals surface area contributed by atoms with Gasteiger partial charge in [0.15, 0.2) is 0 Å². The molecule has 0 radical (unpaired) electrons. The van der Waals surface area contributed by atoms with Gasteiger partial charge < -0.3 is 5.11 Å². The molecule has 14 heavy (non-hydrogen) atoms. The number of rotatable bonds is 9. The van der Waals surface area contributed by atoms with E-state index in [4.69, 9.17) is 0 Å². The summed E-state index contributed by atoms with van der Waals surface area (Å²) in [5.74, 6) is 0. The maximum absolute atomic E-state index is 10.2. The summed E-state index contributed by atoms with van der Waals surface area (Å²) in [5, 5.41) is 10.2. The van der Waals surface area contributed by atoms with Crippen LogP contribution in [0.2, 0.25) is 0 Å². The molecule has 0 fully saturated rings. The molecular weight excluding hydrogens is 172 g/mol. The quantitative estimate of drug-likeness (QED) is 0.550. The largest absolute Gasteiger partial charge is 0.390 e. The first kappa shape index (κ1) is 14.0. The van der Waals surface area contributed by atoms with Crippen LogP contribution in [0.15, 0.2) is 0 Å². The smallest absolute Gasteiger partial charge is 0.0645 e. The van der Waals surface area contributed by atoms with E-state index >= 15 is 0 Å². The fourth-order valence-corrected chi connectivity index (χ4v) is 2.00. The van der Waals surface area contributed by atoms with Gasteiger partial charge in [-0.3, -0.25) is 0 Å². The van der Waals surface area contributed by atoms with E-state index < -0.39 is 0 Å². The Balaban J connectivity index is 3.51. The van der Waals surface area contributed by atoms with Crippen LogP contribution in [0.3, 0.4) is 0 Å². The second-order valence-electron chi connectivity index (χ2n) is 4.49. The molecule has 0 saturated heterocycles. The highest BCUT2D eigenvalue weighted by atomic mass is 16.3. The Kier molecular flexibility index (Phi) is 8.26. The standard InChI is InChI=1S/C13H28O/c1-4-7-8-9-10-12-13(14,6-3)11-5-2/h14H,4-12H2,1-3H3. The molecule has 1 atom stereocenters. The molecule has 1 unspecified atom stereocenters. The molecule has 0 amide bonds. The van der Waals surface area contributed by atoms with Crippen LogP contribution in [0.25, 0.3) is 0 Å². The van der Waals surface area contributed by atoms with Crippen molar-refractivity contribution in [3.8, 4) is 0 Å². The first-order valence-electron chi connectivity index (χ1n) is 6.41. The van der Waals surface area contributed by atoms with Crippen LogP contribution in [-0.4, -0.2) is 10.7 Å². The molecule has 0 saturated carbocycles. The third kappa shape index (κ3) is 6.42. The van der Waals surface area contributed by atoms with E-state index in [1.165, 1.54) is 32.1 Å². The fourth-order valence-electron chi connectivity index (χ4n) is 2.00. The van der Waals surface area contributed by atoms with E-state index in [1.54, 1.807) is 0 Å². The summed E-state index contributed by atoms with van der Waals surface area (Å²) in [6.45, 7) is 6.49. The zero-order valence-electron chi connectivity index (χ0n) is 10.3. The van der Waals surface area contributed by atoms with E-state index in [9.17, 15) is 5.11 Å². The van der Waals surface area contributed by atoms with Crippen molar-refractivity contribution in [3.63, 3.8) is 0 Å². The van der Waals surface area contributed by atoms with Gasteiger partial charge in [-0.2, -0.15) is 0 Å². The SMILES string of the molecule is CCCCCCCC(O)(CC)CCC. The monoisotopic (exact) mass is 200 g/mol. The van der Waals surface area contributed by atoms with Gasteiger partial charge in [0.1, 0.15) is 0 Å². The van der Waals surface area contributed by atoms with Crippen molar-refractivity contribution in [1.82, 2.24) is 0 Å². The van der Waals surface area contributed by atoms with E-state index in [-0.39, 0.29) is 5.60 Å². The van der Waals surface area contributed by atoms with E-state index in [0.717, 1.165) is 25.7 Å². The predicted molar refractivity (Wildman–Crippen MR) is 63.5 cm³/mol. The van der Waals surface area contributed by atoms with Crippen molar-refractivity contribution in [3.05, 3.63) is 0 Å². The molecule has 1 nitrogen and oxygen atoms in total. The molecule has 0 aliphatic heterocycles. The van der Waals surface area contributed by atoms with Crippen molar-refractivity contribution in [2.45, 2.75) is 84.2 Å². The number of hydrogen-bond acceptors (Lipinski definition) is 1. The Bertz CT molecular complexity index is 122. The number of aliphatic hydroxyl groups is 1. The van der Waals surface area contributed by atoms with Crippen molar-refractivity contribution >= 4 is 0 Å². The Labute approximate surface area is 89.9 Å². The van der Waals surface area contributed by atoms with Crippen molar-refractivity contribution in [1.29, 1.82) is 0 Å². The maximum atomic E-state index is 10.2. The van der Waals surface area contributed by atoms with Gasteiger partial charge in [0.25, 0.3) is 0 Å². The Morgan fingerprint density at radius 1 is 0.786 bits per heavy atom. The van der Waals surface area contributed by atoms with Crippen molar-refractivity contribution in [2.24, 2.45) is 0 Å². The molecule has 0 aromatic carbocycles. The lowest BCUT2D eigenvalue weighted by Crippen LogP contribution is -2.27. The van der Waals surface area contributed by atoms with Crippen LogP contribution in [0, 0.1) is 0 Å². The Hall–Kier alpha value is -0.0400. The Morgan fingerprint density at radius 3 is 1.93 bits per heavy atom. The van der Waals surface area contributed by atoms with Gasteiger partial charge in [0, 0.05) is 0 Å². The van der Waals surface area contributed by atoms with Gasteiger partial charge in [-0.05, 0) is 19.3 Å². The zero-order chi connectivity index (χ0) is 10.9. The lowest BCUT2D eigenvalue weighted by Gasteiger charge is -2.26. The van der Waals surface area contributed by atoms with Crippen molar-refractivity contribution in [2.75, 3.05) is 0 Å². The summed E-state index contributed by atoms with van der Waals surface area (Å²) >= 11 is 0. The lowest BCUT2D eigenvalue weighted by atomic mass is 9.89. The minimum Gasteiger partial charge on any atom is -0.390 e. The second kappa shape index (κ2) is 8.28. The maximum Gasteiger partial charge on any atom is 0.0645 e. The molecule has 86 valence electrons. The molecule has 0 heterocycles. The summed E-state index contributed by atoms with van der Waals surface area (Å²) in [6.07, 6.45) is 10.4. The molecule has 0 spiro atoms. The average Bonchev–Trinajstić information content (AvgIpc) is 2.18. The molecule has 0 aromatic rings. The van der Waals surface area contributed by atoms with Crippen LogP contribution in [0.5, 0.6) is 0 Å². The van der Waals surface area contributed by atoms with Crippen LogP contribution < -0.4 is 0 Å². The molecule has 0 aliphatic carbocycles. The first-order chi connectivity index (χ1) is 6.68. The van der Waals surface area contributed by atoms with E-state index in [1.807, 2.05) is 0 Å². The van der Waals surface area contributed by atoms with E-state index in [2.05, 4.69) is 20.8 Å². The van der Waals surface area contributed by atoms with Gasteiger partial charge >= 0.3 is 0 Å². The van der Waals surface area contributed by atoms with Gasteiger partial charge in [-0.15, -0.1) is 0 Å². The van der Waals surface area contributed by atoms with Gasteiger partial charge in [-0.25, -0.2) is 0 Å². The number of hydrogen-bond donors (Lipinski definition) is 1. The van der Waals surface area contributed by atoms with Gasteiger partial charge in [0.05, 0.1) is 5.60 Å². The zero-order valence-corrected chi connectivity index (χ0v) is 10.3. The molecule has 0 rings (SSSR count).